The van der Waals surface area contributed by atoms with Crippen LogP contribution in [0.1, 0.15) is 17.4 Å². The molecule has 110 valence electrons. The maximum absolute atomic E-state index is 14.0. The summed E-state index contributed by atoms with van der Waals surface area (Å²) in [4.78, 5) is 0.932. The Balaban J connectivity index is 2.30. The molecule has 0 atom stereocenters. The molecule has 6 heteroatoms. The van der Waals surface area contributed by atoms with E-state index in [-0.39, 0.29) is 12.4 Å². The first kappa shape index (κ1) is 15.3. The number of ether oxygens (including phenoxy) is 1. The van der Waals surface area contributed by atoms with Gasteiger partial charge < -0.3 is 10.1 Å². The van der Waals surface area contributed by atoms with Crippen molar-refractivity contribution in [3.8, 4) is 0 Å². The zero-order valence-electron chi connectivity index (χ0n) is 11.1. The quantitative estimate of drug-likeness (QED) is 0.837. The normalized spacial score (nSPS) is 11.7. The Labute approximate surface area is 119 Å². The van der Waals surface area contributed by atoms with E-state index in [0.717, 1.165) is 16.1 Å². The van der Waals surface area contributed by atoms with Gasteiger partial charge in [0.2, 0.25) is 0 Å². The number of thiophene rings is 1. The van der Waals surface area contributed by atoms with E-state index in [0.29, 0.717) is 17.5 Å². The van der Waals surface area contributed by atoms with Crippen LogP contribution in [0.2, 0.25) is 0 Å². The van der Waals surface area contributed by atoms with Crippen LogP contribution in [-0.2, 0) is 17.9 Å². The highest BCUT2D eigenvalue weighted by atomic mass is 32.1. The predicted molar refractivity (Wildman–Crippen MR) is 74.8 cm³/mol. The molecule has 0 aliphatic rings. The van der Waals surface area contributed by atoms with Crippen LogP contribution in [0.15, 0.2) is 18.2 Å². The molecule has 1 N–H and O–H groups in total. The lowest BCUT2D eigenvalue weighted by Crippen LogP contribution is -2.12. The average Bonchev–Trinajstić information content (AvgIpc) is 2.75. The monoisotopic (exact) mass is 303 g/mol. The number of hydrogen-bond acceptors (Lipinski definition) is 3. The van der Waals surface area contributed by atoms with Crippen molar-refractivity contribution in [3.63, 3.8) is 0 Å². The maximum atomic E-state index is 14.0. The van der Waals surface area contributed by atoms with Gasteiger partial charge in [0.25, 0.3) is 6.43 Å². The van der Waals surface area contributed by atoms with Crippen LogP contribution in [-0.4, -0.2) is 19.6 Å². The number of hydrogen-bond donors (Lipinski definition) is 1. The second kappa shape index (κ2) is 7.06. The molecule has 0 saturated heterocycles. The van der Waals surface area contributed by atoms with Gasteiger partial charge in [-0.3, -0.25) is 0 Å². The van der Waals surface area contributed by atoms with E-state index >= 15 is 0 Å². The number of fused-ring (bicyclic) bond motifs is 1. The van der Waals surface area contributed by atoms with Gasteiger partial charge in [-0.25, -0.2) is 13.2 Å². The van der Waals surface area contributed by atoms with Crippen molar-refractivity contribution >= 4 is 21.4 Å². The fourth-order valence-corrected chi connectivity index (χ4v) is 3.19. The molecule has 0 aliphatic heterocycles. The van der Waals surface area contributed by atoms with Crippen LogP contribution in [0, 0.1) is 5.82 Å². The molecular formula is C14H16F3NOS. The molecule has 1 heterocycles. The first-order valence-electron chi connectivity index (χ1n) is 6.38. The third-order valence-electron chi connectivity index (χ3n) is 2.87. The summed E-state index contributed by atoms with van der Waals surface area (Å²) in [5, 5.41) is 3.65. The van der Waals surface area contributed by atoms with E-state index in [1.54, 1.807) is 6.07 Å². The Morgan fingerprint density at radius 1 is 1.35 bits per heavy atom. The molecule has 2 aromatic rings. The highest BCUT2D eigenvalue weighted by molar-refractivity contribution is 7.19. The molecule has 0 amide bonds. The topological polar surface area (TPSA) is 21.3 Å². The summed E-state index contributed by atoms with van der Waals surface area (Å²) < 4.78 is 44.1. The van der Waals surface area contributed by atoms with Crippen molar-refractivity contribution in [3.05, 3.63) is 34.5 Å². The number of alkyl halides is 2. The second-order valence-electron chi connectivity index (χ2n) is 4.30. The van der Waals surface area contributed by atoms with Crippen molar-refractivity contribution in [2.45, 2.75) is 26.5 Å². The Morgan fingerprint density at radius 2 is 2.15 bits per heavy atom. The largest absolute Gasteiger partial charge is 0.371 e. The molecule has 0 aliphatic carbocycles. The molecule has 0 radical (unpaired) electrons. The van der Waals surface area contributed by atoms with Gasteiger partial charge in [0.05, 0.1) is 6.61 Å². The van der Waals surface area contributed by atoms with Crippen LogP contribution in [0.25, 0.3) is 10.1 Å². The van der Waals surface area contributed by atoms with E-state index < -0.39 is 13.0 Å². The standard InChI is InChI=1S/C14H16F3NOS/c1-2-18-6-12-9(7-19-8-13(16)17)14-10(15)4-3-5-11(14)20-12/h3-5,13,18H,2,6-8H2,1H3. The molecule has 2 rings (SSSR count). The third-order valence-corrected chi connectivity index (χ3v) is 4.07. The Hall–Kier alpha value is -1.11. The van der Waals surface area contributed by atoms with Crippen molar-refractivity contribution in [2.24, 2.45) is 0 Å². The second-order valence-corrected chi connectivity index (χ2v) is 5.44. The van der Waals surface area contributed by atoms with Crippen molar-refractivity contribution in [2.75, 3.05) is 13.2 Å². The van der Waals surface area contributed by atoms with Gasteiger partial charge in [-0.2, -0.15) is 0 Å². The summed E-state index contributed by atoms with van der Waals surface area (Å²) in [5.74, 6) is -0.336. The highest BCUT2D eigenvalue weighted by Crippen LogP contribution is 2.33. The molecule has 0 unspecified atom stereocenters. The number of benzene rings is 1. The first-order chi connectivity index (χ1) is 9.63. The molecule has 1 aromatic heterocycles. The van der Waals surface area contributed by atoms with Gasteiger partial charge >= 0.3 is 0 Å². The SMILES string of the molecule is CCNCc1sc2cccc(F)c2c1COCC(F)F. The summed E-state index contributed by atoms with van der Waals surface area (Å²) in [6, 6.07) is 4.85. The summed E-state index contributed by atoms with van der Waals surface area (Å²) in [6.07, 6.45) is -2.51. The number of rotatable bonds is 7. The van der Waals surface area contributed by atoms with Crippen molar-refractivity contribution < 1.29 is 17.9 Å². The summed E-state index contributed by atoms with van der Waals surface area (Å²) in [7, 11) is 0. The average molecular weight is 303 g/mol. The zero-order valence-corrected chi connectivity index (χ0v) is 11.9. The van der Waals surface area contributed by atoms with Gasteiger partial charge in [0, 0.05) is 27.1 Å². The summed E-state index contributed by atoms with van der Waals surface area (Å²) in [5.41, 5.74) is 0.671. The minimum Gasteiger partial charge on any atom is -0.371 e. The summed E-state index contributed by atoms with van der Waals surface area (Å²) >= 11 is 1.47. The van der Waals surface area contributed by atoms with Gasteiger partial charge in [-0.05, 0) is 18.7 Å². The minimum absolute atomic E-state index is 0.00595. The number of halogens is 3. The van der Waals surface area contributed by atoms with Crippen molar-refractivity contribution in [1.29, 1.82) is 0 Å². The molecule has 2 nitrogen and oxygen atoms in total. The molecule has 0 saturated carbocycles. The lowest BCUT2D eigenvalue weighted by atomic mass is 10.1. The van der Waals surface area contributed by atoms with Gasteiger partial charge in [0.15, 0.2) is 0 Å². The smallest absolute Gasteiger partial charge is 0.261 e. The Morgan fingerprint density at radius 3 is 2.85 bits per heavy atom. The Kier molecular flexibility index (Phi) is 5.39. The molecule has 20 heavy (non-hydrogen) atoms. The van der Waals surface area contributed by atoms with Crippen molar-refractivity contribution in [1.82, 2.24) is 5.32 Å². The van der Waals surface area contributed by atoms with Gasteiger partial charge in [-0.15, -0.1) is 11.3 Å². The molecule has 0 spiro atoms. The maximum Gasteiger partial charge on any atom is 0.261 e. The van der Waals surface area contributed by atoms with Crippen LogP contribution in [0.4, 0.5) is 13.2 Å². The molecular weight excluding hydrogens is 287 g/mol. The van der Waals surface area contributed by atoms with E-state index in [1.165, 1.54) is 17.4 Å². The zero-order chi connectivity index (χ0) is 14.5. The first-order valence-corrected chi connectivity index (χ1v) is 7.20. The van der Waals surface area contributed by atoms with Crippen LogP contribution in [0.5, 0.6) is 0 Å². The Bertz CT molecular complexity index is 571. The van der Waals surface area contributed by atoms with E-state index in [1.807, 2.05) is 13.0 Å². The lowest BCUT2D eigenvalue weighted by Gasteiger charge is -2.07. The fourth-order valence-electron chi connectivity index (χ4n) is 2.00. The molecule has 1 aromatic carbocycles. The fraction of sp³-hybridized carbons (Fsp3) is 0.429. The van der Waals surface area contributed by atoms with Crippen LogP contribution < -0.4 is 5.32 Å². The van der Waals surface area contributed by atoms with E-state index in [2.05, 4.69) is 5.32 Å². The summed E-state index contributed by atoms with van der Waals surface area (Å²) in [6.45, 7) is 2.72. The predicted octanol–water partition coefficient (Wildman–Crippen LogP) is 3.93. The highest BCUT2D eigenvalue weighted by Gasteiger charge is 2.16. The van der Waals surface area contributed by atoms with Crippen LogP contribution in [0.3, 0.4) is 0 Å². The van der Waals surface area contributed by atoms with E-state index in [4.69, 9.17) is 4.74 Å². The van der Waals surface area contributed by atoms with E-state index in [9.17, 15) is 13.2 Å². The van der Waals surface area contributed by atoms with Gasteiger partial charge in [0.1, 0.15) is 12.4 Å². The molecule has 0 fully saturated rings. The number of nitrogens with one attached hydrogen (secondary N) is 1. The lowest BCUT2D eigenvalue weighted by molar-refractivity contribution is 0.0101. The minimum atomic E-state index is -2.51. The van der Waals surface area contributed by atoms with Gasteiger partial charge in [-0.1, -0.05) is 13.0 Å². The molecule has 0 bridgehead atoms. The van der Waals surface area contributed by atoms with Crippen LogP contribution >= 0.6 is 11.3 Å². The third kappa shape index (κ3) is 3.50.